The Morgan fingerprint density at radius 2 is 1.88 bits per heavy atom. The molecule has 0 aliphatic carbocycles. The van der Waals surface area contributed by atoms with Crippen molar-refractivity contribution < 1.29 is 19.1 Å². The summed E-state index contributed by atoms with van der Waals surface area (Å²) in [6, 6.07) is 12.4. The van der Waals surface area contributed by atoms with Gasteiger partial charge in [-0.25, -0.2) is 4.79 Å². The zero-order chi connectivity index (χ0) is 24.7. The Morgan fingerprint density at radius 1 is 1.15 bits per heavy atom. The van der Waals surface area contributed by atoms with Gasteiger partial charge in [0.25, 0.3) is 0 Å². The van der Waals surface area contributed by atoms with Crippen molar-refractivity contribution in [1.29, 1.82) is 0 Å². The fraction of sp³-hybridized carbons (Fsp3) is 0.333. The molecule has 0 saturated carbocycles. The van der Waals surface area contributed by atoms with E-state index in [-0.39, 0.29) is 17.8 Å². The number of methoxy groups -OCH3 is 1. The van der Waals surface area contributed by atoms with Gasteiger partial charge in [0.05, 0.1) is 35.2 Å². The van der Waals surface area contributed by atoms with E-state index in [9.17, 15) is 9.59 Å². The van der Waals surface area contributed by atoms with Crippen LogP contribution in [0.15, 0.2) is 47.6 Å². The molecule has 0 radical (unpaired) electrons. The molecule has 0 unspecified atom stereocenters. The third-order valence-electron chi connectivity index (χ3n) is 4.78. The fourth-order valence-electron chi connectivity index (χ4n) is 3.15. The van der Waals surface area contributed by atoms with Crippen LogP contribution in [0.25, 0.3) is 0 Å². The monoisotopic (exact) mass is 502 g/mol. The van der Waals surface area contributed by atoms with E-state index >= 15 is 0 Å². The Bertz CT molecular complexity index is 1150. The molecule has 10 heteroatoms. The largest absolute Gasteiger partial charge is 0.497 e. The van der Waals surface area contributed by atoms with Crippen LogP contribution >= 0.6 is 23.4 Å². The van der Waals surface area contributed by atoms with E-state index in [0.29, 0.717) is 34.4 Å². The molecule has 0 aliphatic rings. The second-order valence-electron chi connectivity index (χ2n) is 7.65. The number of amides is 1. The van der Waals surface area contributed by atoms with Gasteiger partial charge in [0.15, 0.2) is 5.16 Å². The minimum Gasteiger partial charge on any atom is -0.497 e. The van der Waals surface area contributed by atoms with Crippen molar-refractivity contribution in [3.05, 3.63) is 64.4 Å². The van der Waals surface area contributed by atoms with E-state index in [1.807, 2.05) is 35.8 Å². The van der Waals surface area contributed by atoms with Crippen LogP contribution < -0.4 is 10.1 Å². The van der Waals surface area contributed by atoms with Gasteiger partial charge in [0, 0.05) is 13.0 Å². The molecule has 3 aromatic rings. The van der Waals surface area contributed by atoms with Gasteiger partial charge in [-0.3, -0.25) is 4.79 Å². The van der Waals surface area contributed by atoms with Gasteiger partial charge < -0.3 is 19.4 Å². The molecule has 1 amide bonds. The molecular formula is C24H27ClN4O4S. The standard InChI is InChI=1S/C24H27ClN4O4S/c1-5-29-21(12-16-6-9-18(32-4)10-7-16)27-28-24(29)34-14-22(30)26-20-13-17(8-11-19(20)25)23(31)33-15(2)3/h6-11,13,15H,5,12,14H2,1-4H3,(H,26,30). The van der Waals surface area contributed by atoms with Crippen LogP contribution in [0, 0.1) is 0 Å². The lowest BCUT2D eigenvalue weighted by atomic mass is 10.1. The summed E-state index contributed by atoms with van der Waals surface area (Å²) in [4.78, 5) is 24.7. The molecular weight excluding hydrogens is 476 g/mol. The molecule has 0 bridgehead atoms. The number of halogens is 1. The maximum absolute atomic E-state index is 12.6. The number of hydrogen-bond acceptors (Lipinski definition) is 7. The summed E-state index contributed by atoms with van der Waals surface area (Å²) >= 11 is 7.49. The number of nitrogens with one attached hydrogen (secondary N) is 1. The lowest BCUT2D eigenvalue weighted by Crippen LogP contribution is -2.16. The smallest absolute Gasteiger partial charge is 0.338 e. The minimum absolute atomic E-state index is 0.109. The molecule has 3 rings (SSSR count). The van der Waals surface area contributed by atoms with Gasteiger partial charge in [0.2, 0.25) is 5.91 Å². The zero-order valence-corrected chi connectivity index (χ0v) is 21.1. The lowest BCUT2D eigenvalue weighted by Gasteiger charge is -2.11. The van der Waals surface area contributed by atoms with Crippen molar-refractivity contribution >= 4 is 40.9 Å². The average Bonchev–Trinajstić information content (AvgIpc) is 3.20. The first-order chi connectivity index (χ1) is 16.3. The topological polar surface area (TPSA) is 95.3 Å². The molecule has 34 heavy (non-hydrogen) atoms. The highest BCUT2D eigenvalue weighted by Gasteiger charge is 2.16. The highest BCUT2D eigenvalue weighted by Crippen LogP contribution is 2.25. The van der Waals surface area contributed by atoms with Crippen LogP contribution in [-0.4, -0.2) is 45.6 Å². The Hall–Kier alpha value is -3.04. The molecule has 0 fully saturated rings. The molecule has 1 aromatic heterocycles. The van der Waals surface area contributed by atoms with Gasteiger partial charge in [-0.15, -0.1) is 10.2 Å². The number of nitrogens with zero attached hydrogens (tertiary/aromatic N) is 3. The second kappa shape index (κ2) is 11.9. The number of benzene rings is 2. The van der Waals surface area contributed by atoms with Gasteiger partial charge in [-0.2, -0.15) is 0 Å². The summed E-state index contributed by atoms with van der Waals surface area (Å²) in [6.07, 6.45) is 0.370. The predicted octanol–water partition coefficient (Wildman–Crippen LogP) is 4.85. The maximum atomic E-state index is 12.6. The molecule has 0 spiro atoms. The number of thioether (sulfide) groups is 1. The highest BCUT2D eigenvalue weighted by molar-refractivity contribution is 7.99. The summed E-state index contributed by atoms with van der Waals surface area (Å²) in [5.74, 6) is 0.971. The number of carbonyl (C=O) groups excluding carboxylic acids is 2. The maximum Gasteiger partial charge on any atom is 0.338 e. The molecule has 1 heterocycles. The van der Waals surface area contributed by atoms with Crippen molar-refractivity contribution in [2.24, 2.45) is 0 Å². The first kappa shape index (κ1) is 25.6. The van der Waals surface area contributed by atoms with Crippen LogP contribution in [0.2, 0.25) is 5.02 Å². The quantitative estimate of drug-likeness (QED) is 0.313. The van der Waals surface area contributed by atoms with Crippen LogP contribution in [-0.2, 0) is 22.5 Å². The number of rotatable bonds is 10. The number of anilines is 1. The Labute approximate surface area is 208 Å². The van der Waals surface area contributed by atoms with Crippen molar-refractivity contribution in [2.75, 3.05) is 18.2 Å². The number of aromatic nitrogens is 3. The number of carbonyl (C=O) groups is 2. The molecule has 0 atom stereocenters. The van der Waals surface area contributed by atoms with Gasteiger partial charge in [-0.05, 0) is 56.7 Å². The molecule has 180 valence electrons. The van der Waals surface area contributed by atoms with Crippen LogP contribution in [0.4, 0.5) is 5.69 Å². The van der Waals surface area contributed by atoms with E-state index in [4.69, 9.17) is 21.1 Å². The van der Waals surface area contributed by atoms with E-state index in [1.54, 1.807) is 33.1 Å². The first-order valence-electron chi connectivity index (χ1n) is 10.8. The van der Waals surface area contributed by atoms with Crippen molar-refractivity contribution in [3.8, 4) is 5.75 Å². The van der Waals surface area contributed by atoms with Crippen molar-refractivity contribution in [3.63, 3.8) is 0 Å². The number of ether oxygens (including phenoxy) is 2. The molecule has 0 saturated heterocycles. The molecule has 8 nitrogen and oxygen atoms in total. The summed E-state index contributed by atoms with van der Waals surface area (Å²) < 4.78 is 12.4. The summed E-state index contributed by atoms with van der Waals surface area (Å²) in [5.41, 5.74) is 1.75. The Morgan fingerprint density at radius 3 is 2.53 bits per heavy atom. The van der Waals surface area contributed by atoms with Crippen molar-refractivity contribution in [2.45, 2.75) is 45.0 Å². The number of hydrogen-bond donors (Lipinski definition) is 1. The summed E-state index contributed by atoms with van der Waals surface area (Å²) in [5, 5.41) is 12.3. The van der Waals surface area contributed by atoms with Crippen LogP contribution in [0.3, 0.4) is 0 Å². The molecule has 2 aromatic carbocycles. The van der Waals surface area contributed by atoms with Crippen molar-refractivity contribution in [1.82, 2.24) is 14.8 Å². The Balaban J connectivity index is 1.63. The highest BCUT2D eigenvalue weighted by atomic mass is 35.5. The first-order valence-corrected chi connectivity index (χ1v) is 12.1. The SMILES string of the molecule is CCn1c(Cc2ccc(OC)cc2)nnc1SCC(=O)Nc1cc(C(=O)OC(C)C)ccc1Cl. The van der Waals surface area contributed by atoms with Crippen LogP contribution in [0.5, 0.6) is 5.75 Å². The normalized spacial score (nSPS) is 10.9. The lowest BCUT2D eigenvalue weighted by molar-refractivity contribution is -0.113. The van der Waals surface area contributed by atoms with Crippen LogP contribution in [0.1, 0.15) is 42.5 Å². The summed E-state index contributed by atoms with van der Waals surface area (Å²) in [6.45, 7) is 6.22. The van der Waals surface area contributed by atoms with Gasteiger partial charge in [-0.1, -0.05) is 35.5 Å². The second-order valence-corrected chi connectivity index (χ2v) is 9.00. The van der Waals surface area contributed by atoms with E-state index in [1.165, 1.54) is 17.8 Å². The predicted molar refractivity (Wildman–Crippen MR) is 133 cm³/mol. The zero-order valence-electron chi connectivity index (χ0n) is 19.5. The molecule has 0 aliphatic heterocycles. The fourth-order valence-corrected chi connectivity index (χ4v) is 4.13. The average molecular weight is 503 g/mol. The van der Waals surface area contributed by atoms with E-state index in [0.717, 1.165) is 17.1 Å². The number of esters is 1. The van der Waals surface area contributed by atoms with E-state index < -0.39 is 5.97 Å². The third kappa shape index (κ3) is 6.74. The third-order valence-corrected chi connectivity index (χ3v) is 6.08. The molecule has 1 N–H and O–H groups in total. The summed E-state index contributed by atoms with van der Waals surface area (Å²) in [7, 11) is 1.63. The van der Waals surface area contributed by atoms with E-state index in [2.05, 4.69) is 15.5 Å². The Kier molecular flexibility index (Phi) is 8.95. The minimum atomic E-state index is -0.475. The van der Waals surface area contributed by atoms with Gasteiger partial charge >= 0.3 is 5.97 Å². The van der Waals surface area contributed by atoms with Gasteiger partial charge in [0.1, 0.15) is 11.6 Å².